The molecule has 1 aromatic heterocycles. The predicted molar refractivity (Wildman–Crippen MR) is 63.7 cm³/mol. The van der Waals surface area contributed by atoms with Crippen molar-refractivity contribution in [1.29, 1.82) is 0 Å². The number of nitrogens with zero attached hydrogens (tertiary/aromatic N) is 1. The first-order valence-electron chi connectivity index (χ1n) is 4.61. The van der Waals surface area contributed by atoms with E-state index in [0.717, 1.165) is 11.3 Å². The van der Waals surface area contributed by atoms with Crippen LogP contribution in [0.4, 0.5) is 5.69 Å². The molecular formula is C11H8N2O2S. The van der Waals surface area contributed by atoms with E-state index in [0.29, 0.717) is 4.64 Å². The van der Waals surface area contributed by atoms with Gasteiger partial charge in [0.15, 0.2) is 0 Å². The average molecular weight is 232 g/mol. The maximum absolute atomic E-state index is 10.5. The fraction of sp³-hybridized carbons (Fsp3) is 0. The van der Waals surface area contributed by atoms with Crippen LogP contribution in [0.3, 0.4) is 0 Å². The Labute approximate surface area is 96.7 Å². The third kappa shape index (κ3) is 2.14. The number of pyridine rings is 1. The lowest BCUT2D eigenvalue weighted by Crippen LogP contribution is -1.88. The number of nitro groups is 1. The van der Waals surface area contributed by atoms with Gasteiger partial charge < -0.3 is 4.98 Å². The molecule has 5 heteroatoms. The van der Waals surface area contributed by atoms with E-state index in [1.165, 1.54) is 12.1 Å². The molecule has 0 saturated carbocycles. The SMILES string of the molecule is O=[N+]([O-])c1ccc(-c2cccc(=S)[nH]2)cc1. The molecule has 0 unspecified atom stereocenters. The number of H-pyrrole nitrogens is 1. The summed E-state index contributed by atoms with van der Waals surface area (Å²) >= 11 is 5.00. The van der Waals surface area contributed by atoms with Crippen LogP contribution >= 0.6 is 12.2 Å². The van der Waals surface area contributed by atoms with Crippen LogP contribution in [0.1, 0.15) is 0 Å². The molecule has 1 aromatic carbocycles. The van der Waals surface area contributed by atoms with Gasteiger partial charge in [0, 0.05) is 17.8 Å². The second kappa shape index (κ2) is 4.24. The Bertz CT molecular complexity index is 575. The molecule has 0 bridgehead atoms. The second-order valence-corrected chi connectivity index (χ2v) is 3.67. The van der Waals surface area contributed by atoms with Gasteiger partial charge in [0.2, 0.25) is 0 Å². The molecule has 0 aliphatic heterocycles. The summed E-state index contributed by atoms with van der Waals surface area (Å²) in [6.45, 7) is 0. The first-order chi connectivity index (χ1) is 7.66. The Morgan fingerprint density at radius 3 is 2.38 bits per heavy atom. The van der Waals surface area contributed by atoms with Gasteiger partial charge in [-0.25, -0.2) is 0 Å². The van der Waals surface area contributed by atoms with Crippen LogP contribution in [-0.2, 0) is 0 Å². The first kappa shape index (κ1) is 10.5. The van der Waals surface area contributed by atoms with Crippen molar-refractivity contribution in [2.45, 2.75) is 0 Å². The van der Waals surface area contributed by atoms with Crippen LogP contribution in [0.15, 0.2) is 42.5 Å². The van der Waals surface area contributed by atoms with Gasteiger partial charge in [0.1, 0.15) is 4.64 Å². The van der Waals surface area contributed by atoms with Gasteiger partial charge in [0.25, 0.3) is 5.69 Å². The Kier molecular flexibility index (Phi) is 2.78. The maximum Gasteiger partial charge on any atom is 0.269 e. The number of nitrogens with one attached hydrogen (secondary N) is 1. The monoisotopic (exact) mass is 232 g/mol. The summed E-state index contributed by atoms with van der Waals surface area (Å²) in [4.78, 5) is 13.1. The molecule has 0 amide bonds. The van der Waals surface area contributed by atoms with Gasteiger partial charge >= 0.3 is 0 Å². The molecule has 0 aliphatic carbocycles. The summed E-state index contributed by atoms with van der Waals surface area (Å²) in [6.07, 6.45) is 0. The van der Waals surface area contributed by atoms with Gasteiger partial charge in [-0.2, -0.15) is 0 Å². The zero-order valence-electron chi connectivity index (χ0n) is 8.21. The summed E-state index contributed by atoms with van der Waals surface area (Å²) in [6, 6.07) is 11.8. The van der Waals surface area contributed by atoms with E-state index >= 15 is 0 Å². The minimum Gasteiger partial charge on any atom is -0.346 e. The standard InChI is InChI=1S/C11H8N2O2S/c14-13(15)9-6-4-8(5-7-9)10-2-1-3-11(16)12-10/h1-7H,(H,12,16). The summed E-state index contributed by atoms with van der Waals surface area (Å²) in [5.41, 5.74) is 1.80. The Morgan fingerprint density at radius 1 is 1.12 bits per heavy atom. The number of non-ortho nitro benzene ring substituents is 1. The number of aromatic nitrogens is 1. The van der Waals surface area contributed by atoms with Crippen molar-refractivity contribution in [2.75, 3.05) is 0 Å². The van der Waals surface area contributed by atoms with E-state index in [1.54, 1.807) is 18.2 Å². The highest BCUT2D eigenvalue weighted by molar-refractivity contribution is 7.71. The molecule has 0 spiro atoms. The minimum atomic E-state index is -0.420. The fourth-order valence-electron chi connectivity index (χ4n) is 1.38. The van der Waals surface area contributed by atoms with Crippen molar-refractivity contribution < 1.29 is 4.92 Å². The molecule has 4 nitrogen and oxygen atoms in total. The molecule has 2 rings (SSSR count). The van der Waals surface area contributed by atoms with E-state index in [1.807, 2.05) is 12.1 Å². The fourth-order valence-corrected chi connectivity index (χ4v) is 1.57. The summed E-state index contributed by atoms with van der Waals surface area (Å²) in [7, 11) is 0. The van der Waals surface area contributed by atoms with Crippen molar-refractivity contribution >= 4 is 17.9 Å². The number of hydrogen-bond acceptors (Lipinski definition) is 3. The van der Waals surface area contributed by atoms with Gasteiger partial charge in [-0.15, -0.1) is 0 Å². The highest BCUT2D eigenvalue weighted by Gasteiger charge is 2.04. The summed E-state index contributed by atoms with van der Waals surface area (Å²) < 4.78 is 0.635. The van der Waals surface area contributed by atoms with Gasteiger partial charge in [0.05, 0.1) is 4.92 Å². The molecule has 0 aliphatic rings. The third-order valence-corrected chi connectivity index (χ3v) is 2.40. The van der Waals surface area contributed by atoms with Gasteiger partial charge in [-0.1, -0.05) is 18.3 Å². The summed E-state index contributed by atoms with van der Waals surface area (Å²) in [5, 5.41) is 10.5. The smallest absolute Gasteiger partial charge is 0.269 e. The Morgan fingerprint density at radius 2 is 1.81 bits per heavy atom. The number of benzene rings is 1. The second-order valence-electron chi connectivity index (χ2n) is 3.23. The lowest BCUT2D eigenvalue weighted by Gasteiger charge is -2.00. The number of hydrogen-bond donors (Lipinski definition) is 1. The van der Waals surface area contributed by atoms with Crippen LogP contribution in [0.5, 0.6) is 0 Å². The molecule has 1 heterocycles. The molecular weight excluding hydrogens is 224 g/mol. The highest BCUT2D eigenvalue weighted by atomic mass is 32.1. The average Bonchev–Trinajstić information content (AvgIpc) is 2.29. The zero-order chi connectivity index (χ0) is 11.5. The maximum atomic E-state index is 10.5. The van der Waals surface area contributed by atoms with Crippen molar-refractivity contribution in [3.63, 3.8) is 0 Å². The van der Waals surface area contributed by atoms with Crippen LogP contribution in [0, 0.1) is 14.8 Å². The predicted octanol–water partition coefficient (Wildman–Crippen LogP) is 3.32. The molecule has 0 atom stereocenters. The molecule has 80 valence electrons. The largest absolute Gasteiger partial charge is 0.346 e. The summed E-state index contributed by atoms with van der Waals surface area (Å²) in [5.74, 6) is 0. The van der Waals surface area contributed by atoms with Crippen molar-refractivity contribution in [3.8, 4) is 11.3 Å². The minimum absolute atomic E-state index is 0.0817. The molecule has 1 N–H and O–H groups in total. The van der Waals surface area contributed by atoms with E-state index in [4.69, 9.17) is 12.2 Å². The molecule has 16 heavy (non-hydrogen) atoms. The number of aromatic amines is 1. The zero-order valence-corrected chi connectivity index (χ0v) is 9.03. The topological polar surface area (TPSA) is 58.9 Å². The van der Waals surface area contributed by atoms with E-state index < -0.39 is 4.92 Å². The van der Waals surface area contributed by atoms with Crippen LogP contribution < -0.4 is 0 Å². The van der Waals surface area contributed by atoms with Crippen LogP contribution in [0.25, 0.3) is 11.3 Å². The van der Waals surface area contributed by atoms with Crippen molar-refractivity contribution in [1.82, 2.24) is 4.98 Å². The molecule has 0 radical (unpaired) electrons. The number of rotatable bonds is 2. The molecule has 0 fully saturated rings. The Balaban J connectivity index is 2.42. The quantitative estimate of drug-likeness (QED) is 0.491. The number of nitro benzene ring substituents is 1. The van der Waals surface area contributed by atoms with Gasteiger partial charge in [-0.3, -0.25) is 10.1 Å². The third-order valence-electron chi connectivity index (χ3n) is 2.16. The molecule has 2 aromatic rings. The highest BCUT2D eigenvalue weighted by Crippen LogP contribution is 2.20. The normalized spacial score (nSPS) is 10.0. The lowest BCUT2D eigenvalue weighted by molar-refractivity contribution is -0.384. The Hall–Kier alpha value is -2.01. The molecule has 0 saturated heterocycles. The van der Waals surface area contributed by atoms with Gasteiger partial charge in [-0.05, 0) is 29.8 Å². The lowest BCUT2D eigenvalue weighted by atomic mass is 10.1. The van der Waals surface area contributed by atoms with E-state index in [2.05, 4.69) is 4.98 Å². The first-order valence-corrected chi connectivity index (χ1v) is 5.02. The van der Waals surface area contributed by atoms with Crippen LogP contribution in [-0.4, -0.2) is 9.91 Å². The van der Waals surface area contributed by atoms with Crippen molar-refractivity contribution in [2.24, 2.45) is 0 Å². The van der Waals surface area contributed by atoms with E-state index in [9.17, 15) is 10.1 Å². The van der Waals surface area contributed by atoms with Crippen molar-refractivity contribution in [3.05, 3.63) is 57.2 Å². The van der Waals surface area contributed by atoms with E-state index in [-0.39, 0.29) is 5.69 Å². The van der Waals surface area contributed by atoms with Crippen LogP contribution in [0.2, 0.25) is 0 Å².